The fourth-order valence-corrected chi connectivity index (χ4v) is 1.45. The molecule has 0 fully saturated rings. The summed E-state index contributed by atoms with van der Waals surface area (Å²) in [4.78, 5) is 0. The van der Waals surface area contributed by atoms with E-state index in [0.29, 0.717) is 12.8 Å². The zero-order valence-corrected chi connectivity index (χ0v) is 11.0. The Hall–Kier alpha value is -0.390. The Morgan fingerprint density at radius 1 is 0.833 bits per heavy atom. The molecule has 18 heavy (non-hydrogen) atoms. The molecule has 110 valence electrons. The van der Waals surface area contributed by atoms with Gasteiger partial charge in [-0.3, -0.25) is 4.74 Å². The van der Waals surface area contributed by atoms with Crippen molar-refractivity contribution in [3.8, 4) is 0 Å². The van der Waals surface area contributed by atoms with Crippen molar-refractivity contribution >= 4 is 0 Å². The molecule has 0 saturated heterocycles. The van der Waals surface area contributed by atoms with Gasteiger partial charge in [0, 0.05) is 13.3 Å². The average Bonchev–Trinajstić information content (AvgIpc) is 2.13. The van der Waals surface area contributed by atoms with Crippen molar-refractivity contribution in [3.63, 3.8) is 0 Å². The van der Waals surface area contributed by atoms with Gasteiger partial charge in [-0.05, 0) is 13.3 Å². The van der Waals surface area contributed by atoms with Crippen LogP contribution in [0.5, 0.6) is 0 Å². The van der Waals surface area contributed by atoms with E-state index in [-0.39, 0.29) is 13.3 Å². The second-order valence-electron chi connectivity index (χ2n) is 4.77. The van der Waals surface area contributed by atoms with Crippen molar-refractivity contribution in [2.24, 2.45) is 0 Å². The first kappa shape index (κ1) is 17.6. The number of hydrogen-bond donors (Lipinski definition) is 0. The second-order valence-corrected chi connectivity index (χ2v) is 4.77. The molecule has 0 aliphatic rings. The SMILES string of the molecule is CCCCCCCC(C)(F)OC(F)(F)C(C)(F)F. The lowest BCUT2D eigenvalue weighted by atomic mass is 10.1. The highest BCUT2D eigenvalue weighted by molar-refractivity contribution is 4.75. The molecule has 0 aliphatic carbocycles. The quantitative estimate of drug-likeness (QED) is 0.410. The first-order chi connectivity index (χ1) is 8.02. The lowest BCUT2D eigenvalue weighted by Crippen LogP contribution is -2.45. The number of ether oxygens (including phenoxy) is 1. The molecule has 0 aromatic heterocycles. The number of alkyl halides is 5. The Bertz CT molecular complexity index is 235. The minimum absolute atomic E-state index is 0.00429. The molecule has 1 nitrogen and oxygen atoms in total. The average molecular weight is 276 g/mol. The van der Waals surface area contributed by atoms with Crippen LogP contribution in [0.1, 0.15) is 59.3 Å². The van der Waals surface area contributed by atoms with Gasteiger partial charge >= 0.3 is 12.0 Å². The lowest BCUT2D eigenvalue weighted by Gasteiger charge is -2.30. The topological polar surface area (TPSA) is 9.23 Å². The number of unbranched alkanes of at least 4 members (excludes halogenated alkanes) is 4. The van der Waals surface area contributed by atoms with E-state index in [2.05, 4.69) is 4.74 Å². The van der Waals surface area contributed by atoms with Crippen molar-refractivity contribution in [2.75, 3.05) is 0 Å². The standard InChI is InChI=1S/C12H21F5O/c1-4-5-6-7-8-9-10(2,13)18-12(16,17)11(3,14)15/h4-9H2,1-3H3. The Morgan fingerprint density at radius 3 is 1.78 bits per heavy atom. The molecule has 0 radical (unpaired) electrons. The smallest absolute Gasteiger partial charge is 0.278 e. The van der Waals surface area contributed by atoms with Crippen LogP contribution < -0.4 is 0 Å². The summed E-state index contributed by atoms with van der Waals surface area (Å²) in [7, 11) is 0. The molecule has 0 saturated carbocycles. The zero-order chi connectivity index (χ0) is 14.4. The predicted octanol–water partition coefficient (Wildman–Crippen LogP) is 5.30. The zero-order valence-electron chi connectivity index (χ0n) is 11.0. The highest BCUT2D eigenvalue weighted by Gasteiger charge is 2.57. The summed E-state index contributed by atoms with van der Waals surface area (Å²) in [6.07, 6.45) is -1.26. The van der Waals surface area contributed by atoms with Crippen LogP contribution in [-0.4, -0.2) is 17.9 Å². The van der Waals surface area contributed by atoms with Gasteiger partial charge in [0.15, 0.2) is 0 Å². The maximum atomic E-state index is 13.6. The highest BCUT2D eigenvalue weighted by Crippen LogP contribution is 2.39. The second kappa shape index (κ2) is 6.68. The highest BCUT2D eigenvalue weighted by atomic mass is 19.3. The van der Waals surface area contributed by atoms with E-state index in [0.717, 1.165) is 26.2 Å². The third kappa shape index (κ3) is 6.52. The molecule has 0 aliphatic heterocycles. The molecule has 0 rings (SSSR count). The van der Waals surface area contributed by atoms with Crippen molar-refractivity contribution in [3.05, 3.63) is 0 Å². The minimum Gasteiger partial charge on any atom is -0.278 e. The maximum Gasteiger partial charge on any atom is 0.421 e. The van der Waals surface area contributed by atoms with Gasteiger partial charge in [-0.15, -0.1) is 0 Å². The van der Waals surface area contributed by atoms with E-state index in [1.165, 1.54) is 0 Å². The Labute approximate surface area is 105 Å². The Balaban J connectivity index is 4.14. The van der Waals surface area contributed by atoms with Crippen LogP contribution in [-0.2, 0) is 4.74 Å². The van der Waals surface area contributed by atoms with Crippen LogP contribution in [0.3, 0.4) is 0 Å². The van der Waals surface area contributed by atoms with Crippen LogP contribution in [0.2, 0.25) is 0 Å². The van der Waals surface area contributed by atoms with Crippen LogP contribution in [0, 0.1) is 0 Å². The van der Waals surface area contributed by atoms with Crippen LogP contribution in [0.4, 0.5) is 22.0 Å². The molecule has 0 amide bonds. The van der Waals surface area contributed by atoms with Gasteiger partial charge in [-0.25, -0.2) is 4.39 Å². The maximum absolute atomic E-state index is 13.6. The fraction of sp³-hybridized carbons (Fsp3) is 1.00. The van der Waals surface area contributed by atoms with Gasteiger partial charge < -0.3 is 0 Å². The summed E-state index contributed by atoms with van der Waals surface area (Å²) < 4.78 is 67.9. The summed E-state index contributed by atoms with van der Waals surface area (Å²) in [5.41, 5.74) is 0. The third-order valence-electron chi connectivity index (χ3n) is 2.58. The summed E-state index contributed by atoms with van der Waals surface area (Å²) in [5.74, 6) is -7.14. The van der Waals surface area contributed by atoms with Gasteiger partial charge in [-0.1, -0.05) is 32.6 Å². The molecular formula is C12H21F5O. The normalized spacial score (nSPS) is 16.7. The van der Waals surface area contributed by atoms with Crippen LogP contribution in [0.15, 0.2) is 0 Å². The first-order valence-corrected chi connectivity index (χ1v) is 6.16. The van der Waals surface area contributed by atoms with Gasteiger partial charge in [0.05, 0.1) is 0 Å². The molecule has 1 unspecified atom stereocenters. The van der Waals surface area contributed by atoms with Gasteiger partial charge in [-0.2, -0.15) is 17.6 Å². The van der Waals surface area contributed by atoms with E-state index >= 15 is 0 Å². The van der Waals surface area contributed by atoms with Crippen molar-refractivity contribution in [1.29, 1.82) is 0 Å². The van der Waals surface area contributed by atoms with E-state index in [1.54, 1.807) is 0 Å². The number of halogens is 5. The molecule has 0 aromatic carbocycles. The van der Waals surface area contributed by atoms with Crippen molar-refractivity contribution in [1.82, 2.24) is 0 Å². The van der Waals surface area contributed by atoms with E-state index in [4.69, 9.17) is 0 Å². The molecular weight excluding hydrogens is 255 g/mol. The molecule has 0 heterocycles. The number of rotatable bonds is 9. The van der Waals surface area contributed by atoms with Crippen LogP contribution >= 0.6 is 0 Å². The molecule has 0 aromatic rings. The van der Waals surface area contributed by atoms with Gasteiger partial charge in [0.2, 0.25) is 5.85 Å². The van der Waals surface area contributed by atoms with Gasteiger partial charge in [0.25, 0.3) is 0 Å². The first-order valence-electron chi connectivity index (χ1n) is 6.16. The van der Waals surface area contributed by atoms with Crippen molar-refractivity contribution in [2.45, 2.75) is 77.2 Å². The lowest BCUT2D eigenvalue weighted by molar-refractivity contribution is -0.395. The summed E-state index contributed by atoms with van der Waals surface area (Å²) >= 11 is 0. The van der Waals surface area contributed by atoms with Crippen molar-refractivity contribution < 1.29 is 26.7 Å². The molecule has 0 N–H and O–H groups in total. The Morgan fingerprint density at radius 2 is 1.33 bits per heavy atom. The monoisotopic (exact) mass is 276 g/mol. The molecule has 0 spiro atoms. The molecule has 6 heteroatoms. The van der Waals surface area contributed by atoms with Crippen LogP contribution in [0.25, 0.3) is 0 Å². The Kier molecular flexibility index (Phi) is 6.54. The summed E-state index contributed by atoms with van der Waals surface area (Å²) in [6.45, 7) is 2.77. The van der Waals surface area contributed by atoms with E-state index in [9.17, 15) is 22.0 Å². The predicted molar refractivity (Wildman–Crippen MR) is 59.5 cm³/mol. The van der Waals surface area contributed by atoms with E-state index in [1.807, 2.05) is 6.92 Å². The van der Waals surface area contributed by atoms with Gasteiger partial charge in [0.1, 0.15) is 0 Å². The fourth-order valence-electron chi connectivity index (χ4n) is 1.45. The molecule has 0 bridgehead atoms. The summed E-state index contributed by atoms with van der Waals surface area (Å²) in [6, 6.07) is 0. The number of hydrogen-bond acceptors (Lipinski definition) is 1. The summed E-state index contributed by atoms with van der Waals surface area (Å²) in [5, 5.41) is 0. The molecule has 1 atom stereocenters. The van der Waals surface area contributed by atoms with E-state index < -0.39 is 17.9 Å². The largest absolute Gasteiger partial charge is 0.421 e. The minimum atomic E-state index is -4.79. The third-order valence-corrected chi connectivity index (χ3v) is 2.58.